The van der Waals surface area contributed by atoms with E-state index in [0.717, 1.165) is 44.0 Å². The normalized spacial score (nSPS) is 12.5. The number of aryl methyl sites for hydroxylation is 2. The zero-order chi connectivity index (χ0) is 31.3. The third kappa shape index (κ3) is 7.03. The number of rotatable bonds is 11. The summed E-state index contributed by atoms with van der Waals surface area (Å²) >= 11 is 0. The molecule has 2 N–H and O–H groups in total. The van der Waals surface area contributed by atoms with Crippen LogP contribution >= 0.6 is 21.6 Å². The number of hydrogen-bond donors (Lipinski definition) is 2. The van der Waals surface area contributed by atoms with Gasteiger partial charge in [-0.3, -0.25) is 0 Å². The molecule has 0 radical (unpaired) electrons. The van der Waals surface area contributed by atoms with Crippen LogP contribution in [0, 0.1) is 27.7 Å². The highest BCUT2D eigenvalue weighted by atomic mass is 33.1. The van der Waals surface area contributed by atoms with Gasteiger partial charge in [-0.2, -0.15) is 0 Å². The van der Waals surface area contributed by atoms with E-state index in [9.17, 15) is 19.8 Å². The van der Waals surface area contributed by atoms with E-state index in [4.69, 9.17) is 9.47 Å². The number of phenols is 2. The maximum Gasteiger partial charge on any atom is 0.339 e. The lowest BCUT2D eigenvalue weighted by atomic mass is 9.96. The van der Waals surface area contributed by atoms with Crippen molar-refractivity contribution in [2.45, 2.75) is 53.8 Å². The fourth-order valence-electron chi connectivity index (χ4n) is 5.14. The monoisotopic (exact) mass is 616 g/mol. The number of carbonyl (C=O) groups is 2. The van der Waals surface area contributed by atoms with Crippen LogP contribution in [-0.4, -0.2) is 27.9 Å². The Kier molecular flexibility index (Phi) is 10.5. The van der Waals surface area contributed by atoms with Gasteiger partial charge in [0.15, 0.2) is 0 Å². The largest absolute Gasteiger partial charge is 0.507 e. The molecule has 0 saturated heterocycles. The van der Waals surface area contributed by atoms with E-state index in [1.807, 2.05) is 32.1 Å². The van der Waals surface area contributed by atoms with Crippen molar-refractivity contribution < 1.29 is 29.3 Å². The van der Waals surface area contributed by atoms with E-state index < -0.39 is 11.9 Å². The van der Waals surface area contributed by atoms with Gasteiger partial charge in [0.05, 0.1) is 11.1 Å². The minimum atomic E-state index is -0.535. The van der Waals surface area contributed by atoms with Crippen molar-refractivity contribution in [3.8, 4) is 11.5 Å². The molecule has 0 aliphatic carbocycles. The fourth-order valence-corrected chi connectivity index (χ4v) is 7.35. The average molecular weight is 617 g/mol. The molecule has 1 heterocycles. The number of carbonyl (C=O) groups excluding carboxylic acids is 2. The Morgan fingerprint density at radius 2 is 1.37 bits per heavy atom. The molecule has 0 fully saturated rings. The van der Waals surface area contributed by atoms with Crippen LogP contribution in [0.4, 0.5) is 0 Å². The first-order valence-corrected chi connectivity index (χ1v) is 16.2. The Labute approximate surface area is 260 Å². The Hall–Kier alpha value is -3.88. The van der Waals surface area contributed by atoms with Gasteiger partial charge in [0.1, 0.15) is 24.7 Å². The molecular weight excluding hydrogens is 581 g/mol. The van der Waals surface area contributed by atoms with Crippen molar-refractivity contribution in [3.63, 3.8) is 0 Å². The highest BCUT2D eigenvalue weighted by Gasteiger charge is 2.23. The minimum absolute atomic E-state index is 0.000258. The second-order valence-corrected chi connectivity index (χ2v) is 12.8. The summed E-state index contributed by atoms with van der Waals surface area (Å²) in [5.74, 6) is 0.0767. The predicted octanol–water partition coefficient (Wildman–Crippen LogP) is 8.24. The third-order valence-corrected chi connectivity index (χ3v) is 9.89. The van der Waals surface area contributed by atoms with Crippen molar-refractivity contribution in [2.75, 3.05) is 5.75 Å². The first-order chi connectivity index (χ1) is 20.6. The smallest absolute Gasteiger partial charge is 0.339 e. The lowest BCUT2D eigenvalue weighted by Crippen LogP contribution is -2.12. The Morgan fingerprint density at radius 3 is 1.86 bits per heavy atom. The van der Waals surface area contributed by atoms with Gasteiger partial charge in [0.2, 0.25) is 0 Å². The topological polar surface area (TPSA) is 93.1 Å². The summed E-state index contributed by atoms with van der Waals surface area (Å²) in [5, 5.41) is 21.2. The van der Waals surface area contributed by atoms with Crippen LogP contribution in [0.1, 0.15) is 70.8 Å². The van der Waals surface area contributed by atoms with Gasteiger partial charge < -0.3 is 19.7 Å². The highest BCUT2D eigenvalue weighted by molar-refractivity contribution is 8.80. The van der Waals surface area contributed by atoms with Gasteiger partial charge in [-0.1, -0.05) is 51.9 Å². The summed E-state index contributed by atoms with van der Waals surface area (Å²) in [7, 11) is 3.18. The van der Waals surface area contributed by atoms with Crippen LogP contribution in [0.15, 0.2) is 61.7 Å². The zero-order valence-electron chi connectivity index (χ0n) is 24.9. The molecule has 8 heteroatoms. The molecule has 43 heavy (non-hydrogen) atoms. The van der Waals surface area contributed by atoms with Crippen molar-refractivity contribution in [2.24, 2.45) is 0 Å². The van der Waals surface area contributed by atoms with E-state index in [1.165, 1.54) is 10.8 Å². The van der Waals surface area contributed by atoms with Gasteiger partial charge in [-0.15, -0.1) is 13.2 Å². The van der Waals surface area contributed by atoms with Crippen LogP contribution in [0.3, 0.4) is 0 Å². The SMILES string of the molecule is C=CCc1cc(C)c(COC(=O)c2ccc(C(=O)OCc3c(C)cc(CC=C)c(O)c3C)c(C3=CCSS3)c2)c(C)c1O. The summed E-state index contributed by atoms with van der Waals surface area (Å²) in [4.78, 5) is 27.4. The predicted molar refractivity (Wildman–Crippen MR) is 176 cm³/mol. The maximum atomic E-state index is 13.4. The van der Waals surface area contributed by atoms with E-state index in [1.54, 1.807) is 55.0 Å². The van der Waals surface area contributed by atoms with Gasteiger partial charge in [0, 0.05) is 16.2 Å². The minimum Gasteiger partial charge on any atom is -0.507 e. The first kappa shape index (κ1) is 32.0. The number of allylic oxidation sites excluding steroid dienone is 2. The van der Waals surface area contributed by atoms with Gasteiger partial charge in [0.25, 0.3) is 0 Å². The van der Waals surface area contributed by atoms with Crippen molar-refractivity contribution in [1.29, 1.82) is 0 Å². The van der Waals surface area contributed by atoms with Gasteiger partial charge in [-0.05, 0) is 103 Å². The molecule has 0 aromatic heterocycles. The number of ether oxygens (including phenoxy) is 2. The molecule has 4 rings (SSSR count). The molecule has 3 aromatic carbocycles. The van der Waals surface area contributed by atoms with E-state index in [-0.39, 0.29) is 24.7 Å². The zero-order valence-corrected chi connectivity index (χ0v) is 26.5. The summed E-state index contributed by atoms with van der Waals surface area (Å²) in [6, 6.07) is 8.59. The molecule has 0 amide bonds. The molecule has 1 aliphatic rings. The Bertz CT molecular complexity index is 1640. The van der Waals surface area contributed by atoms with Crippen molar-refractivity contribution >= 4 is 38.4 Å². The lowest BCUT2D eigenvalue weighted by molar-refractivity contribution is 0.0456. The number of benzene rings is 3. The number of phenolic OH excluding ortho intramolecular Hbond substituents is 2. The molecule has 0 unspecified atom stereocenters. The standard InChI is InChI=1S/C35H36O6S2/c1-7-9-24-15-20(3)29(22(5)32(24)36)18-40-34(38)26-11-12-27(28(17-26)31-13-14-42-43-31)35(39)41-19-30-21(4)16-25(10-8-2)33(37)23(30)6/h7-8,11-13,15-17,36-37H,1-2,9-10,14,18-19H2,3-6H3. The second kappa shape index (κ2) is 14.1. The summed E-state index contributed by atoms with van der Waals surface area (Å²) in [6.45, 7) is 14.9. The average Bonchev–Trinajstić information content (AvgIpc) is 3.53. The molecule has 1 aliphatic heterocycles. The van der Waals surface area contributed by atoms with Crippen LogP contribution in [0.2, 0.25) is 0 Å². The second-order valence-electron chi connectivity index (χ2n) is 10.4. The first-order valence-electron chi connectivity index (χ1n) is 13.9. The number of aromatic hydroxyl groups is 2. The van der Waals surface area contributed by atoms with Gasteiger partial charge in [-0.25, -0.2) is 9.59 Å². The van der Waals surface area contributed by atoms with Gasteiger partial charge >= 0.3 is 11.9 Å². The van der Waals surface area contributed by atoms with Crippen LogP contribution in [0.5, 0.6) is 11.5 Å². The molecule has 0 atom stereocenters. The van der Waals surface area contributed by atoms with Crippen molar-refractivity contribution in [1.82, 2.24) is 0 Å². The Morgan fingerprint density at radius 1 is 0.837 bits per heavy atom. The molecule has 224 valence electrons. The number of esters is 2. The van der Waals surface area contributed by atoms with Crippen molar-refractivity contribution in [3.05, 3.63) is 123 Å². The third-order valence-electron chi connectivity index (χ3n) is 7.61. The van der Waals surface area contributed by atoms with E-state index >= 15 is 0 Å². The molecule has 0 spiro atoms. The maximum absolute atomic E-state index is 13.4. The molecule has 0 bridgehead atoms. The number of hydrogen-bond acceptors (Lipinski definition) is 8. The Balaban J connectivity index is 1.55. The summed E-state index contributed by atoms with van der Waals surface area (Å²) in [5.41, 5.74) is 7.47. The van der Waals surface area contributed by atoms with E-state index in [2.05, 4.69) is 13.2 Å². The van der Waals surface area contributed by atoms with Crippen LogP contribution < -0.4 is 0 Å². The van der Waals surface area contributed by atoms with Crippen LogP contribution in [0.25, 0.3) is 4.91 Å². The quantitative estimate of drug-likeness (QED) is 0.126. The van der Waals surface area contributed by atoms with E-state index in [0.29, 0.717) is 40.7 Å². The molecular formula is C35H36O6S2. The fraction of sp³-hybridized carbons (Fsp3) is 0.257. The van der Waals surface area contributed by atoms with Crippen LogP contribution in [-0.2, 0) is 35.5 Å². The lowest BCUT2D eigenvalue weighted by Gasteiger charge is -2.17. The summed E-state index contributed by atoms with van der Waals surface area (Å²) in [6.07, 6.45) is 6.57. The summed E-state index contributed by atoms with van der Waals surface area (Å²) < 4.78 is 11.4. The molecule has 0 saturated carbocycles. The molecule has 6 nitrogen and oxygen atoms in total. The molecule has 3 aromatic rings. The highest BCUT2D eigenvalue weighted by Crippen LogP contribution is 2.44.